The summed E-state index contributed by atoms with van der Waals surface area (Å²) in [7, 11) is 0. The molecule has 0 radical (unpaired) electrons. The summed E-state index contributed by atoms with van der Waals surface area (Å²) < 4.78 is 0. The quantitative estimate of drug-likeness (QED) is 0.792. The monoisotopic (exact) mass is 281 g/mol. The van der Waals surface area contributed by atoms with E-state index in [-0.39, 0.29) is 31.0 Å². The van der Waals surface area contributed by atoms with Crippen LogP contribution in [0.4, 0.5) is 0 Å². The lowest BCUT2D eigenvalue weighted by Gasteiger charge is -2.09. The molecular weight excluding hydrogens is 266 g/mol. The molecule has 1 aromatic carbocycles. The van der Waals surface area contributed by atoms with Crippen molar-refractivity contribution in [1.82, 2.24) is 4.98 Å². The van der Waals surface area contributed by atoms with Crippen molar-refractivity contribution in [3.05, 3.63) is 69.1 Å². The largest absolute Gasteiger partial charge is 0.390 e. The number of nitrogens with one attached hydrogen (secondary N) is 1. The lowest BCUT2D eigenvalue weighted by Crippen LogP contribution is -2.16. The van der Waals surface area contributed by atoms with E-state index in [4.69, 9.17) is 5.11 Å². The van der Waals surface area contributed by atoms with E-state index in [1.165, 1.54) is 6.07 Å². The van der Waals surface area contributed by atoms with Crippen LogP contribution in [0.2, 0.25) is 0 Å². The molecule has 2 rings (SSSR count). The van der Waals surface area contributed by atoms with Crippen LogP contribution in [0.5, 0.6) is 0 Å². The first-order chi connectivity index (χ1) is 8.74. The predicted molar refractivity (Wildman–Crippen MR) is 75.4 cm³/mol. The van der Waals surface area contributed by atoms with Crippen LogP contribution in [0.15, 0.2) is 41.2 Å². The highest BCUT2D eigenvalue weighted by molar-refractivity contribution is 5.85. The molecule has 0 saturated heterocycles. The van der Waals surface area contributed by atoms with Gasteiger partial charge in [0, 0.05) is 29.4 Å². The summed E-state index contributed by atoms with van der Waals surface area (Å²) in [5, 5.41) is 18.3. The maximum Gasteiger partial charge on any atom is 0.185 e. The number of aromatic amines is 1. The zero-order chi connectivity index (χ0) is 13.0. The van der Waals surface area contributed by atoms with Gasteiger partial charge < -0.3 is 15.2 Å². The molecule has 0 amide bonds. The molecule has 0 aliphatic rings. The molecule has 3 N–H and O–H groups in total. The molecule has 0 aliphatic carbocycles. The van der Waals surface area contributed by atoms with Gasteiger partial charge in [-0.3, -0.25) is 4.79 Å². The van der Waals surface area contributed by atoms with Crippen LogP contribution >= 0.6 is 12.4 Å². The minimum Gasteiger partial charge on any atom is -0.390 e. The average molecular weight is 282 g/mol. The van der Waals surface area contributed by atoms with Gasteiger partial charge in [0.05, 0.1) is 13.2 Å². The third kappa shape index (κ3) is 3.67. The summed E-state index contributed by atoms with van der Waals surface area (Å²) in [6, 6.07) is 11.0. The number of aromatic nitrogens is 1. The normalized spacial score (nSPS) is 10.0. The minimum atomic E-state index is -0.245. The van der Waals surface area contributed by atoms with Crippen molar-refractivity contribution in [3.63, 3.8) is 0 Å². The number of pyridine rings is 1. The van der Waals surface area contributed by atoms with Crippen LogP contribution in [0.3, 0.4) is 0 Å². The Morgan fingerprint density at radius 3 is 2.32 bits per heavy atom. The van der Waals surface area contributed by atoms with Gasteiger partial charge in [-0.25, -0.2) is 0 Å². The van der Waals surface area contributed by atoms with Gasteiger partial charge in [0.15, 0.2) is 5.43 Å². The van der Waals surface area contributed by atoms with Gasteiger partial charge in [0.1, 0.15) is 0 Å². The van der Waals surface area contributed by atoms with Gasteiger partial charge in [-0.15, -0.1) is 12.4 Å². The smallest absolute Gasteiger partial charge is 0.185 e. The van der Waals surface area contributed by atoms with Crippen LogP contribution in [-0.4, -0.2) is 15.2 Å². The maximum atomic E-state index is 11.9. The summed E-state index contributed by atoms with van der Waals surface area (Å²) in [5.74, 6) is 0. The third-order valence-corrected chi connectivity index (χ3v) is 2.83. The van der Waals surface area contributed by atoms with Gasteiger partial charge in [0.25, 0.3) is 0 Å². The molecule has 1 aromatic heterocycles. The lowest BCUT2D eigenvalue weighted by molar-refractivity contribution is 0.264. The SMILES string of the molecule is Cl.O=c1cc(CO)[nH]c(CO)c1Cc1ccccc1. The first kappa shape index (κ1) is 15.4. The number of aliphatic hydroxyl groups excluding tert-OH is 2. The molecule has 0 aliphatic heterocycles. The van der Waals surface area contributed by atoms with E-state index in [1.54, 1.807) is 0 Å². The minimum absolute atomic E-state index is 0. The Labute approximate surface area is 117 Å². The van der Waals surface area contributed by atoms with E-state index in [9.17, 15) is 9.90 Å². The Balaban J connectivity index is 0.00000180. The van der Waals surface area contributed by atoms with Crippen molar-refractivity contribution in [3.8, 4) is 0 Å². The molecule has 2 aromatic rings. The molecule has 19 heavy (non-hydrogen) atoms. The van der Waals surface area contributed by atoms with E-state index in [0.717, 1.165) is 5.56 Å². The van der Waals surface area contributed by atoms with Gasteiger partial charge in [0.2, 0.25) is 0 Å². The topological polar surface area (TPSA) is 73.3 Å². The zero-order valence-corrected chi connectivity index (χ0v) is 11.1. The highest BCUT2D eigenvalue weighted by Gasteiger charge is 2.09. The molecule has 4 nitrogen and oxygen atoms in total. The fraction of sp³-hybridized carbons (Fsp3) is 0.214. The molecule has 0 saturated carbocycles. The Bertz CT molecular complexity index is 581. The summed E-state index contributed by atoms with van der Waals surface area (Å²) >= 11 is 0. The van der Waals surface area contributed by atoms with Crippen LogP contribution in [0.1, 0.15) is 22.5 Å². The fourth-order valence-electron chi connectivity index (χ4n) is 1.91. The van der Waals surface area contributed by atoms with Crippen molar-refractivity contribution >= 4 is 12.4 Å². The summed E-state index contributed by atoms with van der Waals surface area (Å²) in [6.45, 7) is -0.487. The van der Waals surface area contributed by atoms with E-state index >= 15 is 0 Å². The molecule has 0 bridgehead atoms. The van der Waals surface area contributed by atoms with Crippen LogP contribution in [0.25, 0.3) is 0 Å². The highest BCUT2D eigenvalue weighted by Crippen LogP contribution is 2.10. The maximum absolute atomic E-state index is 11.9. The van der Waals surface area contributed by atoms with E-state index < -0.39 is 0 Å². The number of hydrogen-bond acceptors (Lipinski definition) is 3. The first-order valence-electron chi connectivity index (χ1n) is 5.74. The Kier molecular flexibility index (Phi) is 5.76. The van der Waals surface area contributed by atoms with E-state index in [2.05, 4.69) is 4.98 Å². The van der Waals surface area contributed by atoms with Crippen LogP contribution < -0.4 is 5.43 Å². The number of rotatable bonds is 4. The number of H-pyrrole nitrogens is 1. The van der Waals surface area contributed by atoms with Gasteiger partial charge in [-0.2, -0.15) is 0 Å². The summed E-state index contributed by atoms with van der Waals surface area (Å²) in [4.78, 5) is 14.8. The lowest BCUT2D eigenvalue weighted by atomic mass is 10.0. The summed E-state index contributed by atoms with van der Waals surface area (Å²) in [5.41, 5.74) is 2.28. The molecular formula is C14H16ClNO3. The predicted octanol–water partition coefficient (Wildman–Crippen LogP) is 1.37. The second-order valence-corrected chi connectivity index (χ2v) is 4.09. The molecule has 0 atom stereocenters. The number of benzene rings is 1. The molecule has 0 spiro atoms. The van der Waals surface area contributed by atoms with Crippen LogP contribution in [-0.2, 0) is 19.6 Å². The first-order valence-corrected chi connectivity index (χ1v) is 5.74. The highest BCUT2D eigenvalue weighted by atomic mass is 35.5. The van der Waals surface area contributed by atoms with Gasteiger partial charge in [-0.05, 0) is 5.56 Å². The van der Waals surface area contributed by atoms with Crippen molar-refractivity contribution < 1.29 is 10.2 Å². The van der Waals surface area contributed by atoms with Gasteiger partial charge >= 0.3 is 0 Å². The number of aliphatic hydroxyl groups is 2. The van der Waals surface area contributed by atoms with Crippen molar-refractivity contribution in [1.29, 1.82) is 0 Å². The van der Waals surface area contributed by atoms with Crippen molar-refractivity contribution in [2.75, 3.05) is 0 Å². The fourth-order valence-corrected chi connectivity index (χ4v) is 1.91. The van der Waals surface area contributed by atoms with Gasteiger partial charge in [-0.1, -0.05) is 30.3 Å². The van der Waals surface area contributed by atoms with E-state index in [0.29, 0.717) is 23.4 Å². The van der Waals surface area contributed by atoms with Crippen LogP contribution in [0, 0.1) is 0 Å². The average Bonchev–Trinajstić information content (AvgIpc) is 2.42. The second-order valence-electron chi connectivity index (χ2n) is 4.09. The van der Waals surface area contributed by atoms with Crippen molar-refractivity contribution in [2.45, 2.75) is 19.6 Å². The Hall–Kier alpha value is -1.62. The standard InChI is InChI=1S/C14H15NO3.ClH/c16-8-11-7-14(18)12(13(9-17)15-11)6-10-4-2-1-3-5-10;/h1-5,7,16-17H,6,8-9H2,(H,15,18);1H. The third-order valence-electron chi connectivity index (χ3n) is 2.83. The second kappa shape index (κ2) is 7.09. The molecule has 1 heterocycles. The molecule has 102 valence electrons. The van der Waals surface area contributed by atoms with E-state index in [1.807, 2.05) is 30.3 Å². The molecule has 5 heteroatoms. The van der Waals surface area contributed by atoms with Crippen molar-refractivity contribution in [2.24, 2.45) is 0 Å². The Morgan fingerprint density at radius 1 is 1.05 bits per heavy atom. The number of halogens is 1. The Morgan fingerprint density at radius 2 is 1.74 bits per heavy atom. The zero-order valence-electron chi connectivity index (χ0n) is 10.3. The molecule has 0 unspecified atom stereocenters. The number of hydrogen-bond donors (Lipinski definition) is 3. The summed E-state index contributed by atoms with van der Waals surface area (Å²) in [6.07, 6.45) is 0.470. The molecule has 0 fully saturated rings.